The van der Waals surface area contributed by atoms with Crippen molar-refractivity contribution in [1.82, 2.24) is 14.8 Å². The Morgan fingerprint density at radius 3 is 2.83 bits per heavy atom. The molecule has 0 fully saturated rings. The first-order valence-corrected chi connectivity index (χ1v) is 8.28. The number of nitrogens with zero attached hydrogens (tertiary/aromatic N) is 3. The molecule has 1 aromatic carbocycles. The second-order valence-electron chi connectivity index (χ2n) is 4.88. The van der Waals surface area contributed by atoms with E-state index in [9.17, 15) is 9.59 Å². The van der Waals surface area contributed by atoms with E-state index < -0.39 is 12.0 Å². The predicted molar refractivity (Wildman–Crippen MR) is 92.0 cm³/mol. The molecule has 1 unspecified atom stereocenters. The zero-order valence-corrected chi connectivity index (χ0v) is 14.5. The van der Waals surface area contributed by atoms with Gasteiger partial charge in [0.05, 0.1) is 12.7 Å². The number of hydrogen-bond acceptors (Lipinski definition) is 7. The fraction of sp³-hybridized carbons (Fsp3) is 0.333. The summed E-state index contributed by atoms with van der Waals surface area (Å²) in [7, 11) is 1.30. The Balaban J connectivity index is 2.18. The maximum atomic E-state index is 12.5. The molecule has 1 aromatic heterocycles. The van der Waals surface area contributed by atoms with Crippen molar-refractivity contribution in [2.45, 2.75) is 25.0 Å². The average molecular weight is 349 g/mol. The van der Waals surface area contributed by atoms with Gasteiger partial charge in [0.1, 0.15) is 6.04 Å². The van der Waals surface area contributed by atoms with Gasteiger partial charge in [0, 0.05) is 5.69 Å². The molecule has 0 aliphatic heterocycles. The molecule has 0 bridgehead atoms. The Morgan fingerprint density at radius 1 is 1.42 bits per heavy atom. The number of nitrogens with two attached hydrogens (primary N) is 1. The minimum absolute atomic E-state index is 0.178. The Bertz CT molecular complexity index is 746. The summed E-state index contributed by atoms with van der Waals surface area (Å²) in [6, 6.07) is 5.91. The number of aromatic nitrogens is 3. The summed E-state index contributed by atoms with van der Waals surface area (Å²) in [5.41, 5.74) is 6.67. The fourth-order valence-electron chi connectivity index (χ4n) is 2.09. The highest BCUT2D eigenvalue weighted by molar-refractivity contribution is 7.99. The summed E-state index contributed by atoms with van der Waals surface area (Å²) >= 11 is 1.45. The summed E-state index contributed by atoms with van der Waals surface area (Å²) in [6.45, 7) is 3.68. The van der Waals surface area contributed by atoms with Gasteiger partial charge in [-0.3, -0.25) is 9.36 Å². The molecule has 0 spiro atoms. The lowest BCUT2D eigenvalue weighted by Crippen LogP contribution is -2.25. The van der Waals surface area contributed by atoms with Gasteiger partial charge in [-0.15, -0.1) is 10.2 Å². The molecule has 128 valence electrons. The Kier molecular flexibility index (Phi) is 5.80. The summed E-state index contributed by atoms with van der Waals surface area (Å²) in [6.07, 6.45) is 0. The van der Waals surface area contributed by atoms with Gasteiger partial charge in [0.2, 0.25) is 11.9 Å². The van der Waals surface area contributed by atoms with Crippen molar-refractivity contribution in [2.75, 3.05) is 23.9 Å². The maximum Gasteiger partial charge on any atom is 0.337 e. The minimum Gasteiger partial charge on any atom is -0.465 e. The van der Waals surface area contributed by atoms with Crippen LogP contribution in [0.1, 0.15) is 30.2 Å². The number of hydrogen-bond donors (Lipinski definition) is 2. The first-order valence-electron chi connectivity index (χ1n) is 7.30. The number of amides is 1. The number of benzene rings is 1. The van der Waals surface area contributed by atoms with Crippen molar-refractivity contribution in [1.29, 1.82) is 0 Å². The molecule has 9 heteroatoms. The van der Waals surface area contributed by atoms with E-state index in [1.165, 1.54) is 18.9 Å². The highest BCUT2D eigenvalue weighted by atomic mass is 32.2. The molecule has 3 N–H and O–H groups in total. The van der Waals surface area contributed by atoms with Crippen LogP contribution in [0.4, 0.5) is 11.6 Å². The first kappa shape index (κ1) is 17.8. The number of rotatable bonds is 6. The molecule has 0 saturated carbocycles. The lowest BCUT2D eigenvalue weighted by molar-refractivity contribution is -0.118. The average Bonchev–Trinajstić information content (AvgIpc) is 2.94. The summed E-state index contributed by atoms with van der Waals surface area (Å²) in [4.78, 5) is 24.1. The van der Waals surface area contributed by atoms with Gasteiger partial charge in [0.15, 0.2) is 5.16 Å². The maximum absolute atomic E-state index is 12.5. The van der Waals surface area contributed by atoms with Gasteiger partial charge >= 0.3 is 5.97 Å². The topological polar surface area (TPSA) is 112 Å². The molecule has 24 heavy (non-hydrogen) atoms. The molecule has 2 aromatic rings. The molecule has 2 rings (SSSR count). The van der Waals surface area contributed by atoms with Gasteiger partial charge in [-0.1, -0.05) is 24.8 Å². The van der Waals surface area contributed by atoms with Gasteiger partial charge in [-0.25, -0.2) is 4.79 Å². The van der Waals surface area contributed by atoms with E-state index in [-0.39, 0.29) is 11.9 Å². The van der Waals surface area contributed by atoms with Crippen LogP contribution in [0.25, 0.3) is 0 Å². The van der Waals surface area contributed by atoms with Crippen molar-refractivity contribution in [3.63, 3.8) is 0 Å². The Labute approximate surface area is 143 Å². The van der Waals surface area contributed by atoms with Gasteiger partial charge in [-0.05, 0) is 30.9 Å². The highest BCUT2D eigenvalue weighted by Gasteiger charge is 2.22. The third-order valence-electron chi connectivity index (χ3n) is 3.28. The SMILES string of the molecule is CCSc1nnc(N)n1C(C)C(=O)Nc1cccc(C(=O)OC)c1. The molecule has 1 atom stereocenters. The van der Waals surface area contributed by atoms with Crippen LogP contribution < -0.4 is 11.1 Å². The molecule has 1 amide bonds. The highest BCUT2D eigenvalue weighted by Crippen LogP contribution is 2.23. The molecular weight excluding hydrogens is 330 g/mol. The number of thioether (sulfide) groups is 1. The quantitative estimate of drug-likeness (QED) is 0.605. The number of nitrogen functional groups attached to an aromatic ring is 1. The Hall–Kier alpha value is -2.55. The van der Waals surface area contributed by atoms with Crippen LogP contribution in [0, 0.1) is 0 Å². The molecule has 0 aliphatic rings. The standard InChI is InChI=1S/C15H19N5O3S/c1-4-24-15-19-18-14(16)20(15)9(2)12(21)17-11-7-5-6-10(8-11)13(22)23-3/h5-9H,4H2,1-3H3,(H2,16,18)(H,17,21). The van der Waals surface area contributed by atoms with Crippen LogP contribution >= 0.6 is 11.8 Å². The van der Waals surface area contributed by atoms with Crippen molar-refractivity contribution in [3.05, 3.63) is 29.8 Å². The molecular formula is C15H19N5O3S. The number of nitrogens with one attached hydrogen (secondary N) is 1. The van der Waals surface area contributed by atoms with Gasteiger partial charge < -0.3 is 15.8 Å². The smallest absolute Gasteiger partial charge is 0.337 e. The van der Waals surface area contributed by atoms with Gasteiger partial charge in [0.25, 0.3) is 0 Å². The number of ether oxygens (including phenoxy) is 1. The van der Waals surface area contributed by atoms with Crippen molar-refractivity contribution < 1.29 is 14.3 Å². The minimum atomic E-state index is -0.601. The Morgan fingerprint density at radius 2 is 2.17 bits per heavy atom. The van der Waals surface area contributed by atoms with E-state index in [1.807, 2.05) is 6.92 Å². The predicted octanol–water partition coefficient (Wildman–Crippen LogP) is 1.96. The van der Waals surface area contributed by atoms with Crippen molar-refractivity contribution in [3.8, 4) is 0 Å². The molecule has 8 nitrogen and oxygen atoms in total. The third-order valence-corrected chi connectivity index (χ3v) is 4.11. The number of anilines is 2. The van der Waals surface area contributed by atoms with Crippen LogP contribution in [0.15, 0.2) is 29.4 Å². The summed E-state index contributed by atoms with van der Waals surface area (Å²) < 4.78 is 6.25. The normalized spacial score (nSPS) is 11.8. The first-order chi connectivity index (χ1) is 11.5. The van der Waals surface area contributed by atoms with Crippen LogP contribution in [-0.4, -0.2) is 39.5 Å². The largest absolute Gasteiger partial charge is 0.465 e. The second-order valence-corrected chi connectivity index (χ2v) is 6.11. The van der Waals surface area contributed by atoms with E-state index in [2.05, 4.69) is 20.3 Å². The zero-order chi connectivity index (χ0) is 17.7. The van der Waals surface area contributed by atoms with Crippen molar-refractivity contribution in [2.24, 2.45) is 0 Å². The van der Waals surface area contributed by atoms with Crippen molar-refractivity contribution >= 4 is 35.3 Å². The number of carbonyl (C=O) groups is 2. The molecule has 0 saturated heterocycles. The monoisotopic (exact) mass is 349 g/mol. The third kappa shape index (κ3) is 3.85. The lowest BCUT2D eigenvalue weighted by atomic mass is 10.2. The van der Waals surface area contributed by atoms with Crippen LogP contribution in [0.2, 0.25) is 0 Å². The van der Waals surface area contributed by atoms with Crippen LogP contribution in [0.3, 0.4) is 0 Å². The van der Waals surface area contributed by atoms with Crippen LogP contribution in [0.5, 0.6) is 0 Å². The van der Waals surface area contributed by atoms with E-state index in [4.69, 9.17) is 5.73 Å². The molecule has 0 aliphatic carbocycles. The van der Waals surface area contributed by atoms with Crippen LogP contribution in [-0.2, 0) is 9.53 Å². The van der Waals surface area contributed by atoms with E-state index in [1.54, 1.807) is 35.8 Å². The molecule has 1 heterocycles. The number of carbonyl (C=O) groups excluding carboxylic acids is 2. The number of esters is 1. The summed E-state index contributed by atoms with van der Waals surface area (Å²) in [5, 5.41) is 11.1. The summed E-state index contributed by atoms with van der Waals surface area (Å²) in [5.74, 6) is 0.204. The zero-order valence-electron chi connectivity index (χ0n) is 13.6. The number of methoxy groups -OCH3 is 1. The van der Waals surface area contributed by atoms with E-state index in [0.29, 0.717) is 16.4 Å². The fourth-order valence-corrected chi connectivity index (χ4v) is 2.83. The second kappa shape index (κ2) is 7.82. The van der Waals surface area contributed by atoms with E-state index in [0.717, 1.165) is 5.75 Å². The molecule has 0 radical (unpaired) electrons. The van der Waals surface area contributed by atoms with E-state index >= 15 is 0 Å². The lowest BCUT2D eigenvalue weighted by Gasteiger charge is -2.16. The van der Waals surface area contributed by atoms with Gasteiger partial charge in [-0.2, -0.15) is 0 Å².